The lowest BCUT2D eigenvalue weighted by Crippen LogP contribution is -1.92. The molecule has 3 nitrogen and oxygen atoms in total. The largest absolute Gasteiger partial charge is 0.276 e. The van der Waals surface area contributed by atoms with Gasteiger partial charge in [-0.2, -0.15) is 5.10 Å². The highest BCUT2D eigenvalue weighted by atomic mass is 16.1. The van der Waals surface area contributed by atoms with E-state index in [1.165, 1.54) is 4.68 Å². The van der Waals surface area contributed by atoms with E-state index in [1.54, 1.807) is 12.4 Å². The summed E-state index contributed by atoms with van der Waals surface area (Å²) in [4.78, 5) is 9.92. The Balaban J connectivity index is 3.00. The third kappa shape index (κ3) is 0.753. The van der Waals surface area contributed by atoms with Gasteiger partial charge in [0.25, 0.3) is 0 Å². The molecule has 1 heterocycles. The van der Waals surface area contributed by atoms with Gasteiger partial charge in [0.2, 0.25) is 6.41 Å². The lowest BCUT2D eigenvalue weighted by atomic mass is 10.4. The summed E-state index contributed by atoms with van der Waals surface area (Å²) in [5.41, 5.74) is 0.997. The monoisotopic (exact) mass is 110 g/mol. The highest BCUT2D eigenvalue weighted by Crippen LogP contribution is 1.89. The zero-order valence-corrected chi connectivity index (χ0v) is 4.53. The van der Waals surface area contributed by atoms with Crippen molar-refractivity contribution in [1.29, 1.82) is 0 Å². The van der Waals surface area contributed by atoms with E-state index in [4.69, 9.17) is 0 Å². The molecule has 0 bridgehead atoms. The fourth-order valence-electron chi connectivity index (χ4n) is 0.491. The van der Waals surface area contributed by atoms with Crippen molar-refractivity contribution in [2.75, 3.05) is 0 Å². The summed E-state index contributed by atoms with van der Waals surface area (Å²) in [6, 6.07) is 0. The molecule has 1 aromatic heterocycles. The normalized spacial score (nSPS) is 9.12. The second-order valence-corrected chi connectivity index (χ2v) is 1.60. The van der Waals surface area contributed by atoms with Gasteiger partial charge in [-0.25, -0.2) is 4.68 Å². The van der Waals surface area contributed by atoms with Crippen molar-refractivity contribution in [1.82, 2.24) is 9.78 Å². The smallest absolute Gasteiger partial charge is 0.234 e. The molecule has 0 amide bonds. The predicted molar refractivity (Wildman–Crippen MR) is 29.1 cm³/mol. The molecule has 0 aliphatic rings. The van der Waals surface area contributed by atoms with Gasteiger partial charge >= 0.3 is 0 Å². The zero-order valence-electron chi connectivity index (χ0n) is 4.53. The molecule has 0 N–H and O–H groups in total. The van der Waals surface area contributed by atoms with Crippen LogP contribution in [0.15, 0.2) is 12.4 Å². The highest BCUT2D eigenvalue weighted by molar-refractivity contribution is 5.50. The van der Waals surface area contributed by atoms with Gasteiger partial charge in [0.1, 0.15) is 0 Å². The van der Waals surface area contributed by atoms with Crippen LogP contribution < -0.4 is 0 Å². The average Bonchev–Trinajstić information content (AvgIpc) is 2.14. The number of hydrogen-bond donors (Lipinski definition) is 0. The van der Waals surface area contributed by atoms with Gasteiger partial charge in [-0.15, -0.1) is 0 Å². The van der Waals surface area contributed by atoms with E-state index in [0.29, 0.717) is 6.41 Å². The lowest BCUT2D eigenvalue weighted by Gasteiger charge is -1.77. The number of aryl methyl sites for hydroxylation is 1. The topological polar surface area (TPSA) is 34.9 Å². The van der Waals surface area contributed by atoms with Crippen molar-refractivity contribution in [3.63, 3.8) is 0 Å². The van der Waals surface area contributed by atoms with Crippen molar-refractivity contribution in [3.8, 4) is 0 Å². The molecule has 0 saturated heterocycles. The third-order valence-electron chi connectivity index (χ3n) is 0.839. The van der Waals surface area contributed by atoms with Gasteiger partial charge in [-0.3, -0.25) is 4.79 Å². The Hall–Kier alpha value is -1.12. The van der Waals surface area contributed by atoms with Gasteiger partial charge in [0, 0.05) is 6.20 Å². The van der Waals surface area contributed by atoms with Gasteiger partial charge in [-0.05, 0) is 12.5 Å². The zero-order chi connectivity index (χ0) is 5.98. The second kappa shape index (κ2) is 1.78. The second-order valence-electron chi connectivity index (χ2n) is 1.60. The van der Waals surface area contributed by atoms with Crippen LogP contribution in [0.2, 0.25) is 0 Å². The first-order valence-electron chi connectivity index (χ1n) is 2.29. The minimum absolute atomic E-state index is 0.660. The minimum atomic E-state index is 0.660. The van der Waals surface area contributed by atoms with Crippen LogP contribution >= 0.6 is 0 Å². The van der Waals surface area contributed by atoms with Crippen LogP contribution in [0.1, 0.15) is 5.56 Å². The molecule has 42 valence electrons. The Bertz CT molecular complexity index is 192. The van der Waals surface area contributed by atoms with Crippen LogP contribution in [-0.4, -0.2) is 16.2 Å². The molecule has 0 saturated carbocycles. The fourth-order valence-corrected chi connectivity index (χ4v) is 0.491. The van der Waals surface area contributed by atoms with Crippen molar-refractivity contribution in [2.24, 2.45) is 0 Å². The first kappa shape index (κ1) is 5.03. The molecular formula is C5H6N2O. The van der Waals surface area contributed by atoms with Crippen molar-refractivity contribution in [2.45, 2.75) is 6.92 Å². The SMILES string of the molecule is Cc1cnn(C=O)c1. The number of nitrogens with zero attached hydrogens (tertiary/aromatic N) is 2. The van der Waals surface area contributed by atoms with Crippen LogP contribution in [0.25, 0.3) is 0 Å². The minimum Gasteiger partial charge on any atom is -0.276 e. The van der Waals surface area contributed by atoms with Gasteiger partial charge in [0.15, 0.2) is 0 Å². The van der Waals surface area contributed by atoms with Crippen LogP contribution in [0.3, 0.4) is 0 Å². The molecule has 0 radical (unpaired) electrons. The predicted octanol–water partition coefficient (Wildman–Crippen LogP) is 0.230. The molecule has 0 atom stereocenters. The van der Waals surface area contributed by atoms with E-state index in [9.17, 15) is 4.79 Å². The summed E-state index contributed by atoms with van der Waals surface area (Å²) in [6.07, 6.45) is 3.95. The molecule has 0 aliphatic carbocycles. The number of hydrogen-bond acceptors (Lipinski definition) is 2. The van der Waals surface area contributed by atoms with E-state index < -0.39 is 0 Å². The summed E-state index contributed by atoms with van der Waals surface area (Å²) >= 11 is 0. The Morgan fingerprint density at radius 3 is 2.88 bits per heavy atom. The van der Waals surface area contributed by atoms with Crippen LogP contribution in [0, 0.1) is 6.92 Å². The van der Waals surface area contributed by atoms with Gasteiger partial charge < -0.3 is 0 Å². The van der Waals surface area contributed by atoms with Crippen LogP contribution in [-0.2, 0) is 4.79 Å². The summed E-state index contributed by atoms with van der Waals surface area (Å²) < 4.78 is 1.23. The van der Waals surface area contributed by atoms with Crippen molar-refractivity contribution < 1.29 is 4.79 Å². The molecular weight excluding hydrogens is 104 g/mol. The molecule has 1 rings (SSSR count). The van der Waals surface area contributed by atoms with Gasteiger partial charge in [-0.1, -0.05) is 0 Å². The molecule has 0 aromatic carbocycles. The van der Waals surface area contributed by atoms with E-state index in [-0.39, 0.29) is 0 Å². The standard InChI is InChI=1S/C5H6N2O/c1-5-2-6-7(3-5)4-8/h2-4H,1H3. The van der Waals surface area contributed by atoms with Crippen LogP contribution in [0.4, 0.5) is 0 Å². The molecule has 8 heavy (non-hydrogen) atoms. The highest BCUT2D eigenvalue weighted by Gasteiger charge is 1.86. The Morgan fingerprint density at radius 2 is 2.62 bits per heavy atom. The molecule has 0 aliphatic heterocycles. The maximum Gasteiger partial charge on any atom is 0.234 e. The Morgan fingerprint density at radius 1 is 1.88 bits per heavy atom. The first-order valence-corrected chi connectivity index (χ1v) is 2.29. The van der Waals surface area contributed by atoms with E-state index >= 15 is 0 Å². The summed E-state index contributed by atoms with van der Waals surface area (Å²) in [5, 5.41) is 3.68. The third-order valence-corrected chi connectivity index (χ3v) is 0.839. The maximum atomic E-state index is 9.92. The first-order chi connectivity index (χ1) is 3.83. The van der Waals surface area contributed by atoms with Crippen LogP contribution in [0.5, 0.6) is 0 Å². The average molecular weight is 110 g/mol. The quantitative estimate of drug-likeness (QED) is 0.485. The molecule has 3 heteroatoms. The van der Waals surface area contributed by atoms with E-state index in [0.717, 1.165) is 5.56 Å². The molecule has 0 fully saturated rings. The van der Waals surface area contributed by atoms with E-state index in [1.807, 2.05) is 6.92 Å². The number of carbonyl (C=O) groups is 1. The fraction of sp³-hybridized carbons (Fsp3) is 0.200. The lowest BCUT2D eigenvalue weighted by molar-refractivity contribution is 0.540. The maximum absolute atomic E-state index is 9.92. The van der Waals surface area contributed by atoms with E-state index in [2.05, 4.69) is 5.10 Å². The molecule has 0 unspecified atom stereocenters. The number of carbonyl (C=O) groups excluding carboxylic acids is 1. The Labute approximate surface area is 46.9 Å². The Kier molecular flexibility index (Phi) is 1.12. The van der Waals surface area contributed by atoms with Gasteiger partial charge in [0.05, 0.1) is 6.20 Å². The number of rotatable bonds is 1. The molecule has 1 aromatic rings. The van der Waals surface area contributed by atoms with Crippen molar-refractivity contribution >= 4 is 6.41 Å². The summed E-state index contributed by atoms with van der Waals surface area (Å²) in [6.45, 7) is 1.88. The summed E-state index contributed by atoms with van der Waals surface area (Å²) in [5.74, 6) is 0. The molecule has 0 spiro atoms. The number of aromatic nitrogens is 2. The van der Waals surface area contributed by atoms with Crippen molar-refractivity contribution in [3.05, 3.63) is 18.0 Å². The summed E-state index contributed by atoms with van der Waals surface area (Å²) in [7, 11) is 0.